The quantitative estimate of drug-likeness (QED) is 0.619. The Morgan fingerprint density at radius 1 is 1.34 bits per heavy atom. The fourth-order valence-corrected chi connectivity index (χ4v) is 3.14. The molecule has 1 N–H and O–H groups in total. The fraction of sp³-hybridized carbons (Fsp3) is 0.333. The SMILES string of the molecule is CC(=O)OCC(=O)N1CC[C@H](n2cc(Oc3nc4cnccc4c(=O)[nH]3)cn2)C1. The first-order valence-electron chi connectivity index (χ1n) is 8.97. The molecule has 11 nitrogen and oxygen atoms in total. The van der Waals surface area contributed by atoms with Crippen molar-refractivity contribution in [2.24, 2.45) is 0 Å². The van der Waals surface area contributed by atoms with Gasteiger partial charge < -0.3 is 14.4 Å². The molecule has 0 bridgehead atoms. The third kappa shape index (κ3) is 4.08. The highest BCUT2D eigenvalue weighted by atomic mass is 16.5. The molecule has 11 heteroatoms. The van der Waals surface area contributed by atoms with Gasteiger partial charge in [0, 0.05) is 26.2 Å². The van der Waals surface area contributed by atoms with Gasteiger partial charge in [-0.2, -0.15) is 10.1 Å². The van der Waals surface area contributed by atoms with Crippen LogP contribution in [-0.2, 0) is 14.3 Å². The van der Waals surface area contributed by atoms with E-state index in [9.17, 15) is 14.4 Å². The van der Waals surface area contributed by atoms with Crippen LogP contribution in [0.2, 0.25) is 0 Å². The zero-order valence-corrected chi connectivity index (χ0v) is 15.6. The highest BCUT2D eigenvalue weighted by Crippen LogP contribution is 2.24. The molecule has 1 atom stereocenters. The summed E-state index contributed by atoms with van der Waals surface area (Å²) in [5, 5.41) is 4.71. The van der Waals surface area contributed by atoms with E-state index in [1.807, 2.05) is 0 Å². The summed E-state index contributed by atoms with van der Waals surface area (Å²) in [6.07, 6.45) is 6.91. The summed E-state index contributed by atoms with van der Waals surface area (Å²) in [4.78, 5) is 47.4. The van der Waals surface area contributed by atoms with Crippen molar-refractivity contribution in [2.75, 3.05) is 19.7 Å². The summed E-state index contributed by atoms with van der Waals surface area (Å²) in [7, 11) is 0. The van der Waals surface area contributed by atoms with Gasteiger partial charge in [0.2, 0.25) is 0 Å². The minimum atomic E-state index is -0.487. The molecule has 29 heavy (non-hydrogen) atoms. The van der Waals surface area contributed by atoms with Crippen LogP contribution < -0.4 is 10.3 Å². The molecule has 1 amide bonds. The number of aromatic nitrogens is 5. The molecule has 4 heterocycles. The molecule has 0 radical (unpaired) electrons. The second-order valence-corrected chi connectivity index (χ2v) is 6.58. The van der Waals surface area contributed by atoms with Crippen LogP contribution in [0.15, 0.2) is 35.6 Å². The van der Waals surface area contributed by atoms with Gasteiger partial charge in [0.15, 0.2) is 12.4 Å². The Labute approximate surface area is 164 Å². The lowest BCUT2D eigenvalue weighted by Gasteiger charge is -2.16. The molecular weight excluding hydrogens is 380 g/mol. The van der Waals surface area contributed by atoms with Crippen molar-refractivity contribution in [3.8, 4) is 11.8 Å². The molecular formula is C18H18N6O5. The average molecular weight is 398 g/mol. The van der Waals surface area contributed by atoms with E-state index in [2.05, 4.69) is 20.1 Å². The molecule has 0 aromatic carbocycles. The highest BCUT2D eigenvalue weighted by molar-refractivity contribution is 5.80. The Bertz CT molecular complexity index is 1120. The van der Waals surface area contributed by atoms with E-state index in [1.165, 1.54) is 25.5 Å². The number of aromatic amines is 1. The van der Waals surface area contributed by atoms with Gasteiger partial charge in [-0.15, -0.1) is 0 Å². The third-order valence-corrected chi connectivity index (χ3v) is 4.57. The van der Waals surface area contributed by atoms with Crippen LogP contribution in [0, 0.1) is 0 Å². The number of hydrogen-bond acceptors (Lipinski definition) is 8. The molecule has 3 aromatic rings. The monoisotopic (exact) mass is 398 g/mol. The van der Waals surface area contributed by atoms with E-state index >= 15 is 0 Å². The number of carbonyl (C=O) groups is 2. The first-order valence-corrected chi connectivity index (χ1v) is 8.97. The smallest absolute Gasteiger partial charge is 0.303 e. The van der Waals surface area contributed by atoms with Crippen LogP contribution in [0.5, 0.6) is 11.8 Å². The van der Waals surface area contributed by atoms with E-state index in [0.29, 0.717) is 36.2 Å². The summed E-state index contributed by atoms with van der Waals surface area (Å²) >= 11 is 0. The number of pyridine rings is 1. The predicted molar refractivity (Wildman–Crippen MR) is 99.3 cm³/mol. The van der Waals surface area contributed by atoms with E-state index in [-0.39, 0.29) is 30.1 Å². The molecule has 4 rings (SSSR count). The van der Waals surface area contributed by atoms with Gasteiger partial charge in [-0.1, -0.05) is 0 Å². The maximum Gasteiger partial charge on any atom is 0.303 e. The molecule has 1 saturated heterocycles. The van der Waals surface area contributed by atoms with Gasteiger partial charge in [-0.3, -0.25) is 29.0 Å². The molecule has 1 aliphatic rings. The van der Waals surface area contributed by atoms with Crippen molar-refractivity contribution >= 4 is 22.8 Å². The number of amides is 1. The van der Waals surface area contributed by atoms with Crippen molar-refractivity contribution in [1.82, 2.24) is 29.6 Å². The molecule has 0 spiro atoms. The Morgan fingerprint density at radius 3 is 3.03 bits per heavy atom. The Morgan fingerprint density at radius 2 is 2.21 bits per heavy atom. The second-order valence-electron chi connectivity index (χ2n) is 6.58. The number of ether oxygens (including phenoxy) is 2. The van der Waals surface area contributed by atoms with E-state index in [1.54, 1.807) is 21.8 Å². The molecule has 0 unspecified atom stereocenters. The minimum absolute atomic E-state index is 0.0264. The number of esters is 1. The van der Waals surface area contributed by atoms with Gasteiger partial charge in [0.25, 0.3) is 11.5 Å². The lowest BCUT2D eigenvalue weighted by atomic mass is 10.3. The van der Waals surface area contributed by atoms with Crippen LogP contribution in [0.4, 0.5) is 0 Å². The number of nitrogens with zero attached hydrogens (tertiary/aromatic N) is 5. The Hall–Kier alpha value is -3.76. The molecule has 150 valence electrons. The number of carbonyl (C=O) groups excluding carboxylic acids is 2. The summed E-state index contributed by atoms with van der Waals surface area (Å²) in [5.74, 6) is -0.321. The topological polar surface area (TPSA) is 132 Å². The van der Waals surface area contributed by atoms with E-state index in [0.717, 1.165) is 0 Å². The van der Waals surface area contributed by atoms with Crippen LogP contribution in [0.3, 0.4) is 0 Å². The van der Waals surface area contributed by atoms with Crippen molar-refractivity contribution in [1.29, 1.82) is 0 Å². The van der Waals surface area contributed by atoms with Crippen LogP contribution >= 0.6 is 0 Å². The maximum absolute atomic E-state index is 12.1. The van der Waals surface area contributed by atoms with Crippen molar-refractivity contribution in [2.45, 2.75) is 19.4 Å². The fourth-order valence-electron chi connectivity index (χ4n) is 3.14. The molecule has 1 aliphatic heterocycles. The van der Waals surface area contributed by atoms with Gasteiger partial charge in [-0.25, -0.2) is 0 Å². The lowest BCUT2D eigenvalue weighted by Crippen LogP contribution is -2.32. The van der Waals surface area contributed by atoms with Gasteiger partial charge >= 0.3 is 12.0 Å². The van der Waals surface area contributed by atoms with Crippen LogP contribution in [0.25, 0.3) is 10.9 Å². The number of H-pyrrole nitrogens is 1. The van der Waals surface area contributed by atoms with Crippen LogP contribution in [-0.4, -0.2) is 61.2 Å². The van der Waals surface area contributed by atoms with Gasteiger partial charge in [0.05, 0.1) is 35.5 Å². The summed E-state index contributed by atoms with van der Waals surface area (Å²) in [6.45, 7) is 2.01. The first-order chi connectivity index (χ1) is 14.0. The molecule has 0 aliphatic carbocycles. The largest absolute Gasteiger partial charge is 0.456 e. The van der Waals surface area contributed by atoms with E-state index in [4.69, 9.17) is 9.47 Å². The number of rotatable bonds is 5. The molecule has 0 saturated carbocycles. The van der Waals surface area contributed by atoms with Gasteiger partial charge in [-0.05, 0) is 12.5 Å². The Kier molecular flexibility index (Phi) is 4.94. The van der Waals surface area contributed by atoms with Crippen molar-refractivity contribution < 1.29 is 19.1 Å². The normalized spacial score (nSPS) is 16.2. The number of hydrogen-bond donors (Lipinski definition) is 1. The number of fused-ring (bicyclic) bond motifs is 1. The predicted octanol–water partition coefficient (Wildman–Crippen LogP) is 0.643. The van der Waals surface area contributed by atoms with E-state index < -0.39 is 5.97 Å². The minimum Gasteiger partial charge on any atom is -0.456 e. The third-order valence-electron chi connectivity index (χ3n) is 4.57. The number of likely N-dealkylation sites (tertiary alicyclic amines) is 1. The molecule has 1 fully saturated rings. The second kappa shape index (κ2) is 7.70. The Balaban J connectivity index is 1.42. The lowest BCUT2D eigenvalue weighted by molar-refractivity contribution is -0.149. The van der Waals surface area contributed by atoms with Gasteiger partial charge in [0.1, 0.15) is 0 Å². The molecule has 3 aromatic heterocycles. The summed E-state index contributed by atoms with van der Waals surface area (Å²) in [6, 6.07) is 1.60. The first kappa shape index (κ1) is 18.6. The van der Waals surface area contributed by atoms with Crippen LogP contribution in [0.1, 0.15) is 19.4 Å². The zero-order chi connectivity index (χ0) is 20.4. The standard InChI is InChI=1S/C18H18N6O5/c1-11(25)28-10-16(26)23-5-3-12(8-23)24-9-13(6-20-24)29-18-21-15-7-19-4-2-14(15)17(27)22-18/h2,4,6-7,9,12H,3,5,8,10H2,1H3,(H,21,22,27)/t12-/m0/s1. The highest BCUT2D eigenvalue weighted by Gasteiger charge is 2.28. The zero-order valence-electron chi connectivity index (χ0n) is 15.6. The maximum atomic E-state index is 12.1. The summed E-state index contributed by atoms with van der Waals surface area (Å²) < 4.78 is 12.1. The van der Waals surface area contributed by atoms with Crippen molar-refractivity contribution in [3.05, 3.63) is 41.2 Å². The summed E-state index contributed by atoms with van der Waals surface area (Å²) in [5.41, 5.74) is 0.105. The average Bonchev–Trinajstić information content (AvgIpc) is 3.35. The number of nitrogens with one attached hydrogen (secondary N) is 1. The van der Waals surface area contributed by atoms with Crippen molar-refractivity contribution in [3.63, 3.8) is 0 Å².